The lowest BCUT2D eigenvalue weighted by Gasteiger charge is -2.30. The third-order valence-electron chi connectivity index (χ3n) is 7.02. The van der Waals surface area contributed by atoms with Crippen LogP contribution in [0.5, 0.6) is 0 Å². The SMILES string of the molecule is CC(C)C=CCC1=CCC(N2CCC(Nc3nccc(N4CCCCCC4)n3)C2)CC1. The number of hydrogen-bond acceptors (Lipinski definition) is 5. The van der Waals surface area contributed by atoms with Crippen LogP contribution in [0.3, 0.4) is 0 Å². The summed E-state index contributed by atoms with van der Waals surface area (Å²) in [6, 6.07) is 3.23. The first-order valence-electron chi connectivity index (χ1n) is 12.6. The van der Waals surface area contributed by atoms with Gasteiger partial charge in [0.15, 0.2) is 0 Å². The Morgan fingerprint density at radius 3 is 2.71 bits per heavy atom. The fourth-order valence-corrected chi connectivity index (χ4v) is 5.20. The van der Waals surface area contributed by atoms with E-state index in [0.29, 0.717) is 18.0 Å². The van der Waals surface area contributed by atoms with Gasteiger partial charge in [-0.1, -0.05) is 50.5 Å². The highest BCUT2D eigenvalue weighted by atomic mass is 15.3. The fourth-order valence-electron chi connectivity index (χ4n) is 5.20. The molecule has 0 aromatic carbocycles. The third-order valence-corrected chi connectivity index (χ3v) is 7.02. The van der Waals surface area contributed by atoms with Gasteiger partial charge in [-0.15, -0.1) is 0 Å². The van der Waals surface area contributed by atoms with Crippen LogP contribution in [-0.4, -0.2) is 53.1 Å². The van der Waals surface area contributed by atoms with Crippen LogP contribution in [0.25, 0.3) is 0 Å². The van der Waals surface area contributed by atoms with Crippen LogP contribution in [0.2, 0.25) is 0 Å². The van der Waals surface area contributed by atoms with Crippen molar-refractivity contribution in [2.75, 3.05) is 36.4 Å². The first kappa shape index (κ1) is 22.3. The molecule has 1 aromatic heterocycles. The zero-order chi connectivity index (χ0) is 21.5. The molecule has 3 aliphatic rings. The van der Waals surface area contributed by atoms with Crippen LogP contribution in [0.4, 0.5) is 11.8 Å². The molecule has 0 spiro atoms. The molecule has 170 valence electrons. The number of nitrogens with zero attached hydrogens (tertiary/aromatic N) is 4. The van der Waals surface area contributed by atoms with E-state index < -0.39 is 0 Å². The second-order valence-corrected chi connectivity index (χ2v) is 9.93. The van der Waals surface area contributed by atoms with Crippen molar-refractivity contribution < 1.29 is 0 Å². The van der Waals surface area contributed by atoms with Gasteiger partial charge < -0.3 is 10.2 Å². The zero-order valence-electron chi connectivity index (χ0n) is 19.6. The van der Waals surface area contributed by atoms with Gasteiger partial charge in [-0.3, -0.25) is 4.90 Å². The van der Waals surface area contributed by atoms with E-state index in [0.717, 1.165) is 37.8 Å². The summed E-state index contributed by atoms with van der Waals surface area (Å²) in [5, 5.41) is 3.64. The summed E-state index contributed by atoms with van der Waals surface area (Å²) in [6.45, 7) is 9.03. The zero-order valence-corrected chi connectivity index (χ0v) is 19.6. The Bertz CT molecular complexity index is 748. The van der Waals surface area contributed by atoms with Crippen molar-refractivity contribution in [1.82, 2.24) is 14.9 Å². The Morgan fingerprint density at radius 1 is 1.13 bits per heavy atom. The number of allylic oxidation sites excluding steroid dienone is 3. The highest BCUT2D eigenvalue weighted by molar-refractivity contribution is 5.43. The van der Waals surface area contributed by atoms with Crippen molar-refractivity contribution in [3.63, 3.8) is 0 Å². The molecule has 0 radical (unpaired) electrons. The van der Waals surface area contributed by atoms with Gasteiger partial charge in [-0.05, 0) is 56.9 Å². The molecule has 0 amide bonds. The van der Waals surface area contributed by atoms with Crippen molar-refractivity contribution >= 4 is 11.8 Å². The molecular weight excluding hydrogens is 382 g/mol. The standard InChI is InChI=1S/C26H41N5/c1-21(2)8-7-9-22-10-12-24(13-11-22)31-19-15-23(20-31)28-26-27-16-14-25(29-26)30-17-5-3-4-6-18-30/h7-8,10,14,16,21,23-24H,3-6,9,11-13,15,17-20H2,1-2H3,(H,27,28,29). The Labute approximate surface area is 189 Å². The van der Waals surface area contributed by atoms with E-state index in [1.54, 1.807) is 5.57 Å². The smallest absolute Gasteiger partial charge is 0.224 e. The molecule has 0 saturated carbocycles. The number of rotatable bonds is 7. The second kappa shape index (κ2) is 11.1. The van der Waals surface area contributed by atoms with Crippen LogP contribution in [0.15, 0.2) is 36.1 Å². The molecule has 2 saturated heterocycles. The van der Waals surface area contributed by atoms with Crippen LogP contribution in [0, 0.1) is 5.92 Å². The third kappa shape index (κ3) is 6.55. The van der Waals surface area contributed by atoms with E-state index in [1.807, 2.05) is 6.20 Å². The van der Waals surface area contributed by atoms with Gasteiger partial charge in [-0.2, -0.15) is 4.98 Å². The van der Waals surface area contributed by atoms with Crippen LogP contribution in [-0.2, 0) is 0 Å². The minimum absolute atomic E-state index is 0.457. The lowest BCUT2D eigenvalue weighted by atomic mass is 9.92. The van der Waals surface area contributed by atoms with Gasteiger partial charge in [0.25, 0.3) is 0 Å². The van der Waals surface area contributed by atoms with Crippen LogP contribution < -0.4 is 10.2 Å². The maximum absolute atomic E-state index is 4.86. The summed E-state index contributed by atoms with van der Waals surface area (Å²) in [5.41, 5.74) is 1.63. The topological polar surface area (TPSA) is 44.3 Å². The molecule has 1 aromatic rings. The predicted molar refractivity (Wildman–Crippen MR) is 131 cm³/mol. The molecule has 3 heterocycles. The Balaban J connectivity index is 1.26. The highest BCUT2D eigenvalue weighted by Gasteiger charge is 2.29. The van der Waals surface area contributed by atoms with Gasteiger partial charge in [0.2, 0.25) is 5.95 Å². The molecule has 31 heavy (non-hydrogen) atoms. The number of hydrogen-bond donors (Lipinski definition) is 1. The molecule has 2 aliphatic heterocycles. The van der Waals surface area contributed by atoms with Gasteiger partial charge in [0, 0.05) is 44.5 Å². The van der Waals surface area contributed by atoms with Crippen molar-refractivity contribution in [2.24, 2.45) is 5.92 Å². The molecule has 5 nitrogen and oxygen atoms in total. The van der Waals surface area contributed by atoms with E-state index in [-0.39, 0.29) is 0 Å². The summed E-state index contributed by atoms with van der Waals surface area (Å²) in [6.07, 6.45) is 20.4. The molecule has 4 rings (SSSR count). The van der Waals surface area contributed by atoms with E-state index in [9.17, 15) is 0 Å². The maximum atomic E-state index is 4.86. The minimum atomic E-state index is 0.457. The molecule has 2 atom stereocenters. The number of likely N-dealkylation sites (tertiary alicyclic amines) is 1. The van der Waals surface area contributed by atoms with Crippen LogP contribution >= 0.6 is 0 Å². The van der Waals surface area contributed by atoms with Gasteiger partial charge in [0.05, 0.1) is 0 Å². The summed E-state index contributed by atoms with van der Waals surface area (Å²) < 4.78 is 0. The summed E-state index contributed by atoms with van der Waals surface area (Å²) in [4.78, 5) is 14.5. The lowest BCUT2D eigenvalue weighted by molar-refractivity contribution is 0.224. The summed E-state index contributed by atoms with van der Waals surface area (Å²) in [7, 11) is 0. The van der Waals surface area contributed by atoms with Gasteiger partial charge in [0.1, 0.15) is 5.82 Å². The summed E-state index contributed by atoms with van der Waals surface area (Å²) in [5.74, 6) is 2.54. The lowest BCUT2D eigenvalue weighted by Crippen LogP contribution is -2.36. The van der Waals surface area contributed by atoms with Crippen molar-refractivity contribution in [2.45, 2.75) is 83.7 Å². The largest absolute Gasteiger partial charge is 0.356 e. The van der Waals surface area contributed by atoms with Crippen LogP contribution in [0.1, 0.15) is 71.6 Å². The number of aromatic nitrogens is 2. The molecule has 0 bridgehead atoms. The molecular formula is C26H41N5. The normalized spacial score (nSPS) is 25.8. The monoisotopic (exact) mass is 423 g/mol. The second-order valence-electron chi connectivity index (χ2n) is 9.93. The average molecular weight is 424 g/mol. The van der Waals surface area contributed by atoms with Crippen molar-refractivity contribution in [3.05, 3.63) is 36.1 Å². The predicted octanol–water partition coefficient (Wildman–Crippen LogP) is 5.42. The highest BCUT2D eigenvalue weighted by Crippen LogP contribution is 2.28. The molecule has 1 N–H and O–H groups in total. The Morgan fingerprint density at radius 2 is 1.97 bits per heavy atom. The maximum Gasteiger partial charge on any atom is 0.224 e. The number of nitrogens with one attached hydrogen (secondary N) is 1. The fraction of sp³-hybridized carbons (Fsp3) is 0.692. The Hall–Kier alpha value is -1.88. The molecule has 5 heteroatoms. The first-order chi connectivity index (χ1) is 15.2. The van der Waals surface area contributed by atoms with Crippen molar-refractivity contribution in [3.8, 4) is 0 Å². The number of anilines is 2. The molecule has 1 aliphatic carbocycles. The quantitative estimate of drug-likeness (QED) is 0.593. The molecule has 2 fully saturated rings. The average Bonchev–Trinajstić information content (AvgIpc) is 3.06. The van der Waals surface area contributed by atoms with E-state index in [4.69, 9.17) is 4.98 Å². The van der Waals surface area contributed by atoms with Gasteiger partial charge >= 0.3 is 0 Å². The van der Waals surface area contributed by atoms with E-state index in [1.165, 1.54) is 57.9 Å². The first-order valence-corrected chi connectivity index (χ1v) is 12.6. The minimum Gasteiger partial charge on any atom is -0.356 e. The summed E-state index contributed by atoms with van der Waals surface area (Å²) >= 11 is 0. The van der Waals surface area contributed by atoms with E-state index >= 15 is 0 Å². The van der Waals surface area contributed by atoms with Crippen molar-refractivity contribution in [1.29, 1.82) is 0 Å². The van der Waals surface area contributed by atoms with Gasteiger partial charge in [-0.25, -0.2) is 4.98 Å². The Kier molecular flexibility index (Phi) is 8.01. The van der Waals surface area contributed by atoms with E-state index in [2.05, 4.69) is 58.2 Å². The molecule has 2 unspecified atom stereocenters.